The molecule has 0 N–H and O–H groups in total. The van der Waals surface area contributed by atoms with Gasteiger partial charge in [-0.05, 0) is 73.7 Å². The molecule has 0 aromatic heterocycles. The van der Waals surface area contributed by atoms with Gasteiger partial charge in [-0.3, -0.25) is 24.0 Å². The average molecular weight is 888 g/mol. The molecule has 2 fully saturated rings. The maximum Gasteiger partial charge on any atom is 0.418 e. The number of hydrogen-bond donors (Lipinski definition) is 0. The van der Waals surface area contributed by atoms with Gasteiger partial charge >= 0.3 is 6.18 Å². The van der Waals surface area contributed by atoms with Crippen LogP contribution < -0.4 is 9.64 Å². The first-order chi connectivity index (χ1) is 29.4. The first-order valence-electron chi connectivity index (χ1n) is 19.4. The molecule has 0 saturated carbocycles. The number of halogens is 3. The summed E-state index contributed by atoms with van der Waals surface area (Å²) in [7, 11) is 0. The summed E-state index contributed by atoms with van der Waals surface area (Å²) in [6.45, 7) is 5.72. The van der Waals surface area contributed by atoms with Crippen molar-refractivity contribution < 1.29 is 65.6 Å². The number of rotatable bonds is 19. The van der Waals surface area contributed by atoms with Crippen molar-refractivity contribution in [3.8, 4) is 5.75 Å². The molecule has 19 heteroatoms. The Bertz CT molecular complexity index is 1980. The van der Waals surface area contributed by atoms with Crippen LogP contribution in [0, 0.1) is 0 Å². The highest BCUT2D eigenvalue weighted by molar-refractivity contribution is 8.08. The number of alkyl halides is 3. The minimum atomic E-state index is -4.99. The lowest BCUT2D eigenvalue weighted by Gasteiger charge is -2.26. The summed E-state index contributed by atoms with van der Waals surface area (Å²) in [5, 5.41) is 0. The molecule has 61 heavy (non-hydrogen) atoms. The third-order valence-electron chi connectivity index (χ3n) is 9.30. The van der Waals surface area contributed by atoms with E-state index in [-0.39, 0.29) is 79.4 Å². The number of benzene rings is 3. The van der Waals surface area contributed by atoms with Gasteiger partial charge < -0.3 is 38.2 Å². The standard InChI is InChI=1S/C42H44F3N3O11S2/c1-28(49)27-58-23-22-56-20-21-57-24-25-59-31-6-11-35(34(26-31)42(43,44)45)48-40(52)36(60-32-7-2-29(3-8-32)38(50)46-12-16-54-17-13-46)37(41(48)53)61-33-9-4-30(5-10-33)39(51)47-14-18-55-19-15-47/h2-11,26H,12-25,27H2,1H3. The Kier molecular flexibility index (Phi) is 16.4. The highest BCUT2D eigenvalue weighted by Gasteiger charge is 2.45. The number of hydrogen-bond acceptors (Lipinski definition) is 13. The van der Waals surface area contributed by atoms with E-state index in [1.165, 1.54) is 13.0 Å². The number of carbonyl (C=O) groups excluding carboxylic acids is 5. The van der Waals surface area contributed by atoms with Crippen molar-refractivity contribution in [3.05, 3.63) is 93.2 Å². The predicted molar refractivity (Wildman–Crippen MR) is 218 cm³/mol. The zero-order chi connectivity index (χ0) is 43.4. The van der Waals surface area contributed by atoms with Crippen LogP contribution in [0.4, 0.5) is 18.9 Å². The summed E-state index contributed by atoms with van der Waals surface area (Å²) in [4.78, 5) is 70.0. The molecule has 3 aromatic rings. The van der Waals surface area contributed by atoms with E-state index in [1.807, 2.05) is 0 Å². The lowest BCUT2D eigenvalue weighted by atomic mass is 10.1. The van der Waals surface area contributed by atoms with E-state index in [0.717, 1.165) is 35.7 Å². The zero-order valence-corrected chi connectivity index (χ0v) is 34.9. The number of amides is 4. The summed E-state index contributed by atoms with van der Waals surface area (Å²) in [5.74, 6) is -2.58. The summed E-state index contributed by atoms with van der Waals surface area (Å²) >= 11 is 1.79. The third kappa shape index (κ3) is 12.4. The monoisotopic (exact) mass is 887 g/mol. The first-order valence-corrected chi connectivity index (χ1v) is 21.0. The molecule has 0 unspecified atom stereocenters. The Morgan fingerprint density at radius 2 is 1.08 bits per heavy atom. The molecule has 3 aliphatic heterocycles. The number of Topliss-reactive ketones (excluding diaryl/α,β-unsaturated/α-hetero) is 1. The van der Waals surface area contributed by atoms with Crippen LogP contribution in [0.15, 0.2) is 86.3 Å². The molecular formula is C42H44F3N3O11S2. The van der Waals surface area contributed by atoms with Crippen LogP contribution in [-0.4, -0.2) is 138 Å². The van der Waals surface area contributed by atoms with Crippen molar-refractivity contribution in [2.45, 2.75) is 22.9 Å². The molecule has 0 radical (unpaired) electrons. The fourth-order valence-corrected chi connectivity index (χ4v) is 8.24. The van der Waals surface area contributed by atoms with Gasteiger partial charge in [0.2, 0.25) is 0 Å². The van der Waals surface area contributed by atoms with Gasteiger partial charge in [-0.1, -0.05) is 23.5 Å². The number of anilines is 1. The van der Waals surface area contributed by atoms with E-state index in [2.05, 4.69) is 0 Å². The Balaban J connectivity index is 1.18. The van der Waals surface area contributed by atoms with Gasteiger partial charge in [0.1, 0.15) is 19.0 Å². The molecule has 0 aliphatic carbocycles. The normalized spacial score (nSPS) is 16.1. The molecule has 14 nitrogen and oxygen atoms in total. The van der Waals surface area contributed by atoms with Crippen LogP contribution >= 0.6 is 23.5 Å². The van der Waals surface area contributed by atoms with Gasteiger partial charge in [0, 0.05) is 47.1 Å². The molecule has 3 aromatic carbocycles. The summed E-state index contributed by atoms with van der Waals surface area (Å²) < 4.78 is 76.2. The predicted octanol–water partition coefficient (Wildman–Crippen LogP) is 5.34. The number of carbonyl (C=O) groups is 5. The van der Waals surface area contributed by atoms with Crippen LogP contribution in [0.3, 0.4) is 0 Å². The second-order valence-corrected chi connectivity index (χ2v) is 15.8. The minimum absolute atomic E-state index is 0.00267. The molecule has 326 valence electrons. The number of ether oxygens (including phenoxy) is 6. The van der Waals surface area contributed by atoms with Crippen LogP contribution in [0.25, 0.3) is 0 Å². The van der Waals surface area contributed by atoms with Crippen LogP contribution in [0.5, 0.6) is 5.75 Å². The summed E-state index contributed by atoms with van der Waals surface area (Å²) in [5.41, 5.74) is -1.14. The maximum absolute atomic E-state index is 14.7. The van der Waals surface area contributed by atoms with Crippen molar-refractivity contribution in [2.75, 3.05) is 104 Å². The van der Waals surface area contributed by atoms with Gasteiger partial charge in [0.25, 0.3) is 23.6 Å². The van der Waals surface area contributed by atoms with Gasteiger partial charge in [-0.25, -0.2) is 4.90 Å². The van der Waals surface area contributed by atoms with E-state index in [4.69, 9.17) is 28.4 Å². The van der Waals surface area contributed by atoms with Crippen molar-refractivity contribution in [1.82, 2.24) is 9.80 Å². The zero-order valence-electron chi connectivity index (χ0n) is 33.2. The third-order valence-corrected chi connectivity index (χ3v) is 11.6. The van der Waals surface area contributed by atoms with Gasteiger partial charge in [-0.15, -0.1) is 0 Å². The topological polar surface area (TPSA) is 150 Å². The number of imide groups is 1. The number of morpholine rings is 2. The largest absolute Gasteiger partial charge is 0.491 e. The molecule has 3 heterocycles. The van der Waals surface area contributed by atoms with E-state index < -0.39 is 29.2 Å². The fourth-order valence-electron chi connectivity index (χ4n) is 6.25. The smallest absolute Gasteiger partial charge is 0.418 e. The molecule has 2 saturated heterocycles. The lowest BCUT2D eigenvalue weighted by Crippen LogP contribution is -2.40. The Morgan fingerprint density at radius 3 is 1.52 bits per heavy atom. The summed E-state index contributed by atoms with van der Waals surface area (Å²) in [6, 6.07) is 15.8. The van der Waals surface area contributed by atoms with Crippen LogP contribution in [0.2, 0.25) is 0 Å². The van der Waals surface area contributed by atoms with E-state index in [1.54, 1.807) is 58.3 Å². The second kappa shape index (κ2) is 21.9. The number of thioether (sulfide) groups is 2. The molecule has 0 atom stereocenters. The van der Waals surface area contributed by atoms with E-state index >= 15 is 0 Å². The van der Waals surface area contributed by atoms with E-state index in [0.29, 0.717) is 78.4 Å². The highest BCUT2D eigenvalue weighted by atomic mass is 32.2. The molecule has 3 aliphatic rings. The fraction of sp³-hybridized carbons (Fsp3) is 0.405. The Morgan fingerprint density at radius 1 is 0.639 bits per heavy atom. The van der Waals surface area contributed by atoms with Crippen LogP contribution in [0.1, 0.15) is 33.2 Å². The molecule has 6 rings (SSSR count). The number of nitrogens with zero attached hydrogens (tertiary/aromatic N) is 3. The molecule has 0 spiro atoms. The van der Waals surface area contributed by atoms with Crippen molar-refractivity contribution >= 4 is 58.6 Å². The molecular weight excluding hydrogens is 844 g/mol. The van der Waals surface area contributed by atoms with E-state index in [9.17, 15) is 37.1 Å². The van der Waals surface area contributed by atoms with Crippen LogP contribution in [-0.2, 0) is 44.2 Å². The van der Waals surface area contributed by atoms with Crippen molar-refractivity contribution in [2.24, 2.45) is 0 Å². The molecule has 4 amide bonds. The average Bonchev–Trinajstić information content (AvgIpc) is 3.49. The maximum atomic E-state index is 14.7. The highest BCUT2D eigenvalue weighted by Crippen LogP contribution is 2.47. The lowest BCUT2D eigenvalue weighted by molar-refractivity contribution is -0.137. The van der Waals surface area contributed by atoms with Crippen molar-refractivity contribution in [1.29, 1.82) is 0 Å². The summed E-state index contributed by atoms with van der Waals surface area (Å²) in [6.07, 6.45) is -4.99. The van der Waals surface area contributed by atoms with Gasteiger partial charge in [0.05, 0.1) is 80.5 Å². The van der Waals surface area contributed by atoms with Crippen molar-refractivity contribution in [3.63, 3.8) is 0 Å². The minimum Gasteiger partial charge on any atom is -0.491 e. The quantitative estimate of drug-likeness (QED) is 0.113. The Labute approximate surface area is 358 Å². The van der Waals surface area contributed by atoms with Gasteiger partial charge in [-0.2, -0.15) is 13.2 Å². The Hall–Kier alpha value is -4.76. The van der Waals surface area contributed by atoms with Gasteiger partial charge in [0.15, 0.2) is 5.78 Å². The SMILES string of the molecule is CC(=O)COCCOCCOCCOc1ccc(N2C(=O)C(Sc3ccc(C(=O)N4CCOCC4)cc3)=C(Sc3ccc(C(=O)N4CCOCC4)cc3)C2=O)c(C(F)(F)F)c1. The molecule has 0 bridgehead atoms. The second-order valence-electron chi connectivity index (χ2n) is 13.7. The number of ketones is 1. The first kappa shape index (κ1) is 45.8.